The molecular formula is C4H6NS. The van der Waals surface area contributed by atoms with Gasteiger partial charge in [-0.15, -0.1) is 0 Å². The maximum absolute atomic E-state index is 2.99. The number of likely N-dealkylation sites (N-methyl/N-ethyl adjacent to an activating group) is 1. The van der Waals surface area contributed by atoms with Crippen LogP contribution in [0.1, 0.15) is 0 Å². The molecule has 0 amide bonds. The highest BCUT2D eigenvalue weighted by atomic mass is 32.2. The van der Waals surface area contributed by atoms with Gasteiger partial charge < -0.3 is 0 Å². The lowest BCUT2D eigenvalue weighted by atomic mass is 10.6. The molecular weight excluding hydrogens is 94.1 g/mol. The largest absolute Gasteiger partial charge is 0.246 e. The lowest BCUT2D eigenvalue weighted by Gasteiger charge is -1.99. The third kappa shape index (κ3) is 0.758. The smallest absolute Gasteiger partial charge is 0.0350 e. The average Bonchev–Trinajstić information content (AvgIpc) is 1.86. The van der Waals surface area contributed by atoms with Crippen LogP contribution in [0.3, 0.4) is 0 Å². The lowest BCUT2D eigenvalue weighted by Crippen LogP contribution is -2.01. The molecule has 1 nitrogen and oxygen atoms in total. The van der Waals surface area contributed by atoms with E-state index in [4.69, 9.17) is 0 Å². The summed E-state index contributed by atoms with van der Waals surface area (Å²) in [6, 6.07) is 0. The van der Waals surface area contributed by atoms with Crippen molar-refractivity contribution in [2.45, 2.75) is 0 Å². The first kappa shape index (κ1) is 4.22. The third-order valence-electron chi connectivity index (χ3n) is 0.640. The summed E-state index contributed by atoms with van der Waals surface area (Å²) < 4.78 is 2.11. The quantitative estimate of drug-likeness (QED) is 0.416. The molecule has 1 radical (unpaired) electrons. The molecule has 0 fully saturated rings. The van der Waals surface area contributed by atoms with Crippen molar-refractivity contribution in [1.29, 1.82) is 0 Å². The molecule has 1 aliphatic heterocycles. The minimum atomic E-state index is 1.05. The first-order valence-electron chi connectivity index (χ1n) is 1.85. The van der Waals surface area contributed by atoms with Crippen LogP contribution in [-0.4, -0.2) is 17.9 Å². The van der Waals surface area contributed by atoms with E-state index < -0.39 is 0 Å². The van der Waals surface area contributed by atoms with Gasteiger partial charge in [-0.1, -0.05) is 6.08 Å². The molecule has 0 aromatic rings. The van der Waals surface area contributed by atoms with E-state index in [1.165, 1.54) is 0 Å². The number of rotatable bonds is 0. The van der Waals surface area contributed by atoms with Crippen LogP contribution in [0.25, 0.3) is 0 Å². The monoisotopic (exact) mass is 100 g/mol. The molecule has 1 heterocycles. The Labute approximate surface area is 42.2 Å². The lowest BCUT2D eigenvalue weighted by molar-refractivity contribution is 0.650. The van der Waals surface area contributed by atoms with Crippen LogP contribution < -0.4 is 0 Å². The van der Waals surface area contributed by atoms with Gasteiger partial charge >= 0.3 is 0 Å². The van der Waals surface area contributed by atoms with Crippen molar-refractivity contribution in [2.75, 3.05) is 13.6 Å². The Morgan fingerprint density at radius 2 is 2.83 bits per heavy atom. The minimum absolute atomic E-state index is 1.05. The van der Waals surface area contributed by atoms with E-state index in [0.717, 1.165) is 6.54 Å². The molecule has 0 aromatic heterocycles. The number of hydrogen-bond donors (Lipinski definition) is 0. The van der Waals surface area contributed by atoms with Crippen LogP contribution in [0.15, 0.2) is 6.08 Å². The summed E-state index contributed by atoms with van der Waals surface area (Å²) in [6.45, 7) is 1.05. The predicted octanol–water partition coefficient (Wildman–Crippen LogP) is 0.897. The fraction of sp³-hybridized carbons (Fsp3) is 0.500. The fourth-order valence-corrected chi connectivity index (χ4v) is 0.808. The second-order valence-electron chi connectivity index (χ2n) is 1.22. The SMILES string of the molecule is CN1CC=[C]S1. The Bertz CT molecular complexity index is 61.9. The van der Waals surface area contributed by atoms with Gasteiger partial charge in [0.25, 0.3) is 0 Å². The van der Waals surface area contributed by atoms with Crippen molar-refractivity contribution in [3.63, 3.8) is 0 Å². The van der Waals surface area contributed by atoms with Crippen molar-refractivity contribution >= 4 is 11.9 Å². The van der Waals surface area contributed by atoms with Crippen molar-refractivity contribution in [3.05, 3.63) is 11.5 Å². The van der Waals surface area contributed by atoms with Gasteiger partial charge in [-0.2, -0.15) is 0 Å². The molecule has 2 heteroatoms. The van der Waals surface area contributed by atoms with Crippen LogP contribution >= 0.6 is 11.9 Å². The van der Waals surface area contributed by atoms with Gasteiger partial charge in [0, 0.05) is 12.0 Å². The highest BCUT2D eigenvalue weighted by molar-refractivity contribution is 7.98. The molecule has 0 atom stereocenters. The number of nitrogens with zero attached hydrogens (tertiary/aromatic N) is 1. The van der Waals surface area contributed by atoms with E-state index in [9.17, 15) is 0 Å². The molecule has 0 spiro atoms. The highest BCUT2D eigenvalue weighted by Crippen LogP contribution is 2.12. The van der Waals surface area contributed by atoms with Crippen LogP contribution in [-0.2, 0) is 0 Å². The van der Waals surface area contributed by atoms with E-state index >= 15 is 0 Å². The molecule has 0 unspecified atom stereocenters. The van der Waals surface area contributed by atoms with Crippen molar-refractivity contribution in [3.8, 4) is 0 Å². The summed E-state index contributed by atoms with van der Waals surface area (Å²) in [5.41, 5.74) is 0. The summed E-state index contributed by atoms with van der Waals surface area (Å²) in [4.78, 5) is 0. The minimum Gasteiger partial charge on any atom is -0.246 e. The van der Waals surface area contributed by atoms with E-state index in [1.807, 2.05) is 13.1 Å². The topological polar surface area (TPSA) is 3.24 Å². The Hall–Kier alpha value is 0.0500. The van der Waals surface area contributed by atoms with Crippen molar-refractivity contribution in [1.82, 2.24) is 4.31 Å². The molecule has 0 saturated carbocycles. The fourth-order valence-electron chi connectivity index (χ4n) is 0.330. The summed E-state index contributed by atoms with van der Waals surface area (Å²) >= 11 is 1.62. The van der Waals surface area contributed by atoms with Gasteiger partial charge in [0.05, 0.1) is 0 Å². The Balaban J connectivity index is 2.32. The third-order valence-corrected chi connectivity index (χ3v) is 1.37. The number of hydrogen-bond acceptors (Lipinski definition) is 2. The molecule has 0 aromatic carbocycles. The maximum Gasteiger partial charge on any atom is 0.0350 e. The van der Waals surface area contributed by atoms with Gasteiger partial charge in [-0.25, -0.2) is 4.31 Å². The van der Waals surface area contributed by atoms with E-state index in [0.29, 0.717) is 0 Å². The first-order chi connectivity index (χ1) is 2.89. The van der Waals surface area contributed by atoms with E-state index in [-0.39, 0.29) is 0 Å². The average molecular weight is 100 g/mol. The van der Waals surface area contributed by atoms with Crippen LogP contribution in [0.2, 0.25) is 0 Å². The molecule has 0 bridgehead atoms. The normalized spacial score (nSPS) is 22.8. The molecule has 1 rings (SSSR count). The second kappa shape index (κ2) is 1.67. The second-order valence-corrected chi connectivity index (χ2v) is 2.27. The van der Waals surface area contributed by atoms with Gasteiger partial charge in [-0.3, -0.25) is 0 Å². The molecule has 0 saturated heterocycles. The molecule has 6 heavy (non-hydrogen) atoms. The molecule has 1 aliphatic rings. The van der Waals surface area contributed by atoms with Crippen molar-refractivity contribution in [2.24, 2.45) is 0 Å². The summed E-state index contributed by atoms with van der Waals surface area (Å²) in [5, 5.41) is 2.99. The summed E-state index contributed by atoms with van der Waals surface area (Å²) in [7, 11) is 2.04. The van der Waals surface area contributed by atoms with Gasteiger partial charge in [0.15, 0.2) is 0 Å². The Morgan fingerprint density at radius 3 is 3.00 bits per heavy atom. The first-order valence-corrected chi connectivity index (χ1v) is 2.62. The van der Waals surface area contributed by atoms with Crippen LogP contribution in [0.5, 0.6) is 0 Å². The maximum atomic E-state index is 2.99. The summed E-state index contributed by atoms with van der Waals surface area (Å²) in [5.74, 6) is 0. The zero-order chi connectivity index (χ0) is 4.41. The van der Waals surface area contributed by atoms with Gasteiger partial charge in [0.1, 0.15) is 0 Å². The highest BCUT2D eigenvalue weighted by Gasteiger charge is 1.97. The molecule has 0 aliphatic carbocycles. The van der Waals surface area contributed by atoms with Crippen LogP contribution in [0, 0.1) is 5.41 Å². The molecule has 0 N–H and O–H groups in total. The summed E-state index contributed by atoms with van der Waals surface area (Å²) in [6.07, 6.45) is 2.02. The van der Waals surface area contributed by atoms with E-state index in [1.54, 1.807) is 11.9 Å². The van der Waals surface area contributed by atoms with Gasteiger partial charge in [-0.05, 0) is 19.0 Å². The standard InChI is InChI=1S/C4H6NS/c1-5-3-2-4-6-5/h2H,3H2,1H3. The van der Waals surface area contributed by atoms with E-state index in [2.05, 4.69) is 9.71 Å². The Kier molecular flexibility index (Phi) is 1.17. The molecule has 33 valence electrons. The van der Waals surface area contributed by atoms with Crippen LogP contribution in [0.4, 0.5) is 0 Å². The van der Waals surface area contributed by atoms with Crippen molar-refractivity contribution < 1.29 is 0 Å². The predicted molar refractivity (Wildman–Crippen MR) is 28.0 cm³/mol. The zero-order valence-electron chi connectivity index (χ0n) is 3.64. The zero-order valence-corrected chi connectivity index (χ0v) is 4.46. The van der Waals surface area contributed by atoms with Gasteiger partial charge in [0.2, 0.25) is 0 Å². The Morgan fingerprint density at radius 1 is 2.00 bits per heavy atom.